The molecular formula is C24H19N3O4S. The minimum atomic E-state index is -0.255. The molecule has 0 unspecified atom stereocenters. The first kappa shape index (κ1) is 20.3. The maximum absolute atomic E-state index is 13.1. The SMILES string of the molecule is O=C1c2ccccc2C(=O)N1CCCSc1nc2ccccc2c(=O)n1Cc1ccco1. The zero-order chi connectivity index (χ0) is 22.1. The van der Waals surface area contributed by atoms with Crippen molar-refractivity contribution in [3.63, 3.8) is 0 Å². The summed E-state index contributed by atoms with van der Waals surface area (Å²) in [4.78, 5) is 44.1. The first-order valence-corrected chi connectivity index (χ1v) is 11.2. The van der Waals surface area contributed by atoms with Gasteiger partial charge >= 0.3 is 0 Å². The topological polar surface area (TPSA) is 85.4 Å². The van der Waals surface area contributed by atoms with E-state index in [2.05, 4.69) is 4.98 Å². The Labute approximate surface area is 187 Å². The lowest BCUT2D eigenvalue weighted by molar-refractivity contribution is 0.0655. The second-order valence-corrected chi connectivity index (χ2v) is 8.45. The van der Waals surface area contributed by atoms with Crippen LogP contribution in [0.4, 0.5) is 0 Å². The number of aromatic nitrogens is 2. The second-order valence-electron chi connectivity index (χ2n) is 7.39. The van der Waals surface area contributed by atoms with Gasteiger partial charge in [-0.2, -0.15) is 0 Å². The first-order valence-electron chi connectivity index (χ1n) is 10.2. The number of carbonyl (C=O) groups excluding carboxylic acids is 2. The molecule has 0 radical (unpaired) electrons. The molecule has 0 atom stereocenters. The van der Waals surface area contributed by atoms with Gasteiger partial charge in [0, 0.05) is 12.3 Å². The van der Waals surface area contributed by atoms with Crippen LogP contribution >= 0.6 is 11.8 Å². The number of thioether (sulfide) groups is 1. The van der Waals surface area contributed by atoms with Crippen LogP contribution in [0.1, 0.15) is 32.9 Å². The highest BCUT2D eigenvalue weighted by Crippen LogP contribution is 2.24. The maximum Gasteiger partial charge on any atom is 0.262 e. The van der Waals surface area contributed by atoms with Crippen LogP contribution in [0.15, 0.2) is 81.3 Å². The Morgan fingerprint density at radius 2 is 1.59 bits per heavy atom. The third-order valence-electron chi connectivity index (χ3n) is 5.36. The van der Waals surface area contributed by atoms with Crippen LogP contribution in [0.25, 0.3) is 10.9 Å². The van der Waals surface area contributed by atoms with Crippen molar-refractivity contribution >= 4 is 34.5 Å². The van der Waals surface area contributed by atoms with Gasteiger partial charge in [-0.05, 0) is 42.8 Å². The normalized spacial score (nSPS) is 13.2. The highest BCUT2D eigenvalue weighted by molar-refractivity contribution is 7.99. The van der Waals surface area contributed by atoms with Crippen molar-refractivity contribution in [2.24, 2.45) is 0 Å². The summed E-state index contributed by atoms with van der Waals surface area (Å²) < 4.78 is 7.03. The number of amides is 2. The zero-order valence-electron chi connectivity index (χ0n) is 17.1. The van der Waals surface area contributed by atoms with E-state index < -0.39 is 0 Å². The predicted octanol–water partition coefficient (Wildman–Crippen LogP) is 3.82. The fourth-order valence-corrected chi connectivity index (χ4v) is 4.71. The van der Waals surface area contributed by atoms with Gasteiger partial charge in [-0.15, -0.1) is 0 Å². The minimum Gasteiger partial charge on any atom is -0.467 e. The van der Waals surface area contributed by atoms with E-state index in [0.717, 1.165) is 0 Å². The molecule has 0 bridgehead atoms. The molecule has 7 nitrogen and oxygen atoms in total. The summed E-state index contributed by atoms with van der Waals surface area (Å²) >= 11 is 1.43. The highest BCUT2D eigenvalue weighted by Gasteiger charge is 2.34. The molecule has 8 heteroatoms. The molecule has 2 aromatic heterocycles. The van der Waals surface area contributed by atoms with E-state index in [-0.39, 0.29) is 23.9 Å². The van der Waals surface area contributed by atoms with Gasteiger partial charge in [0.1, 0.15) is 5.76 Å². The summed E-state index contributed by atoms with van der Waals surface area (Å²) in [5, 5.41) is 1.13. The average molecular weight is 446 g/mol. The van der Waals surface area contributed by atoms with E-state index in [1.807, 2.05) is 24.3 Å². The van der Waals surface area contributed by atoms with Crippen molar-refractivity contribution in [2.75, 3.05) is 12.3 Å². The molecule has 0 saturated carbocycles. The molecule has 32 heavy (non-hydrogen) atoms. The van der Waals surface area contributed by atoms with E-state index in [4.69, 9.17) is 4.42 Å². The van der Waals surface area contributed by atoms with Crippen LogP contribution in [-0.2, 0) is 6.54 Å². The van der Waals surface area contributed by atoms with Crippen molar-refractivity contribution in [3.05, 3.63) is 94.2 Å². The Morgan fingerprint density at radius 1 is 0.875 bits per heavy atom. The van der Waals surface area contributed by atoms with E-state index in [1.54, 1.807) is 47.2 Å². The summed E-state index contributed by atoms with van der Waals surface area (Å²) in [6.45, 7) is 0.597. The molecule has 1 aliphatic rings. The number of nitrogens with zero attached hydrogens (tertiary/aromatic N) is 3. The number of fused-ring (bicyclic) bond motifs is 2. The Balaban J connectivity index is 1.33. The van der Waals surface area contributed by atoms with E-state index >= 15 is 0 Å². The summed E-state index contributed by atoms with van der Waals surface area (Å²) in [5.74, 6) is 0.747. The van der Waals surface area contributed by atoms with Gasteiger partial charge in [-0.25, -0.2) is 4.98 Å². The molecule has 0 aliphatic carbocycles. The molecule has 2 amide bonds. The molecule has 0 spiro atoms. The number of furan rings is 1. The summed E-state index contributed by atoms with van der Waals surface area (Å²) in [5.41, 5.74) is 1.41. The maximum atomic E-state index is 13.1. The van der Waals surface area contributed by atoms with Crippen LogP contribution in [0, 0.1) is 0 Å². The van der Waals surface area contributed by atoms with Crippen LogP contribution in [-0.4, -0.2) is 38.6 Å². The van der Waals surface area contributed by atoms with Gasteiger partial charge in [-0.1, -0.05) is 36.0 Å². The van der Waals surface area contributed by atoms with Crippen LogP contribution in [0.3, 0.4) is 0 Å². The number of hydrogen-bond donors (Lipinski definition) is 0. The Hall–Kier alpha value is -3.65. The van der Waals surface area contributed by atoms with Gasteiger partial charge in [0.25, 0.3) is 17.4 Å². The molecule has 1 aliphatic heterocycles. The van der Waals surface area contributed by atoms with Gasteiger partial charge in [0.15, 0.2) is 5.16 Å². The number of imide groups is 1. The molecule has 4 aromatic rings. The van der Waals surface area contributed by atoms with Crippen molar-refractivity contribution in [1.29, 1.82) is 0 Å². The minimum absolute atomic E-state index is 0.130. The largest absolute Gasteiger partial charge is 0.467 e. The van der Waals surface area contributed by atoms with Crippen molar-refractivity contribution in [3.8, 4) is 0 Å². The second kappa shape index (κ2) is 8.47. The third kappa shape index (κ3) is 3.62. The molecule has 2 aromatic carbocycles. The highest BCUT2D eigenvalue weighted by atomic mass is 32.2. The van der Waals surface area contributed by atoms with Gasteiger partial charge in [0.05, 0.1) is 34.8 Å². The van der Waals surface area contributed by atoms with Gasteiger partial charge in [-0.3, -0.25) is 23.9 Å². The Kier molecular flexibility index (Phi) is 5.36. The van der Waals surface area contributed by atoms with Crippen LogP contribution in [0.2, 0.25) is 0 Å². The zero-order valence-corrected chi connectivity index (χ0v) is 17.9. The summed E-state index contributed by atoms with van der Waals surface area (Å²) in [6, 6.07) is 17.7. The first-order chi connectivity index (χ1) is 15.6. The van der Waals surface area contributed by atoms with E-state index in [1.165, 1.54) is 16.7 Å². The van der Waals surface area contributed by atoms with E-state index in [0.29, 0.717) is 51.7 Å². The van der Waals surface area contributed by atoms with Gasteiger partial charge in [0.2, 0.25) is 0 Å². The smallest absolute Gasteiger partial charge is 0.262 e. The number of benzene rings is 2. The van der Waals surface area contributed by atoms with Gasteiger partial charge < -0.3 is 4.42 Å². The average Bonchev–Trinajstić information content (AvgIpc) is 3.41. The Bertz CT molecular complexity index is 1340. The monoisotopic (exact) mass is 445 g/mol. The number of para-hydroxylation sites is 1. The van der Waals surface area contributed by atoms with Crippen molar-refractivity contribution in [2.45, 2.75) is 18.1 Å². The van der Waals surface area contributed by atoms with E-state index in [9.17, 15) is 14.4 Å². The lowest BCUT2D eigenvalue weighted by atomic mass is 10.1. The van der Waals surface area contributed by atoms with Crippen LogP contribution < -0.4 is 5.56 Å². The van der Waals surface area contributed by atoms with Crippen molar-refractivity contribution < 1.29 is 14.0 Å². The molecule has 160 valence electrons. The number of carbonyl (C=O) groups is 2. The third-order valence-corrected chi connectivity index (χ3v) is 6.42. The fraction of sp³-hybridized carbons (Fsp3) is 0.167. The predicted molar refractivity (Wildman–Crippen MR) is 121 cm³/mol. The summed E-state index contributed by atoms with van der Waals surface area (Å²) in [7, 11) is 0. The quantitative estimate of drug-likeness (QED) is 0.186. The Morgan fingerprint density at radius 3 is 2.31 bits per heavy atom. The molecule has 3 heterocycles. The lowest BCUT2D eigenvalue weighted by Gasteiger charge is -2.14. The fourth-order valence-electron chi connectivity index (χ4n) is 3.78. The molecule has 5 rings (SSSR count). The number of hydrogen-bond acceptors (Lipinski definition) is 6. The molecule has 0 fully saturated rings. The summed E-state index contributed by atoms with van der Waals surface area (Å²) in [6.07, 6.45) is 2.16. The number of rotatable bonds is 7. The molecular weight excluding hydrogens is 426 g/mol. The lowest BCUT2D eigenvalue weighted by Crippen LogP contribution is -2.31. The molecule has 0 saturated heterocycles. The molecule has 0 N–H and O–H groups in total. The van der Waals surface area contributed by atoms with Crippen molar-refractivity contribution in [1.82, 2.24) is 14.5 Å². The van der Waals surface area contributed by atoms with Crippen LogP contribution in [0.5, 0.6) is 0 Å². The standard InChI is InChI=1S/C24H19N3O4S/c28-21-17-8-1-2-9-18(17)22(29)26(21)12-6-14-32-24-25-20-11-4-3-10-19(20)23(30)27(24)15-16-7-5-13-31-16/h1-5,7-11,13H,6,12,14-15H2.